The van der Waals surface area contributed by atoms with Gasteiger partial charge in [0.05, 0.1) is 10.6 Å². The highest BCUT2D eigenvalue weighted by Gasteiger charge is 2.33. The highest BCUT2D eigenvalue weighted by molar-refractivity contribution is 6.31. The van der Waals surface area contributed by atoms with Crippen LogP contribution in [0.3, 0.4) is 0 Å². The van der Waals surface area contributed by atoms with Crippen LogP contribution in [0.5, 0.6) is 0 Å². The van der Waals surface area contributed by atoms with Crippen molar-refractivity contribution in [3.63, 3.8) is 0 Å². The van der Waals surface area contributed by atoms with Crippen molar-refractivity contribution in [2.24, 2.45) is 5.41 Å². The van der Waals surface area contributed by atoms with Crippen LogP contribution in [0.25, 0.3) is 0 Å². The Labute approximate surface area is 98.4 Å². The maximum Gasteiger partial charge on any atom is 0.417 e. The molecule has 0 saturated heterocycles. The molecular weight excluding hydrogens is 237 g/mol. The molecule has 0 bridgehead atoms. The van der Waals surface area contributed by atoms with Crippen LogP contribution in [0.2, 0.25) is 5.02 Å². The second-order valence-corrected chi connectivity index (χ2v) is 5.46. The number of halogens is 4. The Balaban J connectivity index is 3.01. The van der Waals surface area contributed by atoms with Crippen molar-refractivity contribution >= 4 is 11.6 Å². The summed E-state index contributed by atoms with van der Waals surface area (Å²) in [6.45, 7) is 6.08. The first kappa shape index (κ1) is 13.4. The molecule has 0 fully saturated rings. The third kappa shape index (κ3) is 3.71. The summed E-state index contributed by atoms with van der Waals surface area (Å²) in [4.78, 5) is 0. The van der Waals surface area contributed by atoms with E-state index in [0.717, 1.165) is 11.6 Å². The Kier molecular flexibility index (Phi) is 3.58. The van der Waals surface area contributed by atoms with Gasteiger partial charge >= 0.3 is 6.18 Å². The number of alkyl halides is 3. The fraction of sp³-hybridized carbons (Fsp3) is 0.500. The van der Waals surface area contributed by atoms with Crippen molar-refractivity contribution in [2.45, 2.75) is 33.4 Å². The average Bonchev–Trinajstić information content (AvgIpc) is 1.97. The van der Waals surface area contributed by atoms with E-state index in [1.807, 2.05) is 20.8 Å². The Hall–Kier alpha value is -0.700. The van der Waals surface area contributed by atoms with Gasteiger partial charge in [0, 0.05) is 0 Å². The van der Waals surface area contributed by atoms with Gasteiger partial charge < -0.3 is 0 Å². The minimum Gasteiger partial charge on any atom is -0.166 e. The fourth-order valence-corrected chi connectivity index (χ4v) is 1.82. The van der Waals surface area contributed by atoms with Crippen LogP contribution >= 0.6 is 11.6 Å². The number of hydrogen-bond acceptors (Lipinski definition) is 0. The van der Waals surface area contributed by atoms with E-state index in [-0.39, 0.29) is 10.4 Å². The molecular formula is C12H14ClF3. The van der Waals surface area contributed by atoms with Gasteiger partial charge in [0.25, 0.3) is 0 Å². The van der Waals surface area contributed by atoms with Crippen molar-refractivity contribution in [3.8, 4) is 0 Å². The second-order valence-electron chi connectivity index (χ2n) is 5.05. The largest absolute Gasteiger partial charge is 0.417 e. The highest BCUT2D eigenvalue weighted by atomic mass is 35.5. The van der Waals surface area contributed by atoms with Crippen molar-refractivity contribution in [3.05, 3.63) is 34.3 Å². The number of benzene rings is 1. The number of rotatable bonds is 1. The molecule has 0 aliphatic carbocycles. The third-order valence-electron chi connectivity index (χ3n) is 2.07. The molecule has 1 aromatic rings. The number of hydrogen-bond donors (Lipinski definition) is 0. The van der Waals surface area contributed by atoms with Gasteiger partial charge in [0.2, 0.25) is 0 Å². The summed E-state index contributed by atoms with van der Waals surface area (Å²) in [7, 11) is 0. The second kappa shape index (κ2) is 4.28. The van der Waals surface area contributed by atoms with Gasteiger partial charge in [-0.25, -0.2) is 0 Å². The van der Waals surface area contributed by atoms with Crippen LogP contribution in [0, 0.1) is 5.41 Å². The lowest BCUT2D eigenvalue weighted by Crippen LogP contribution is -2.10. The van der Waals surface area contributed by atoms with Crippen molar-refractivity contribution < 1.29 is 13.2 Å². The monoisotopic (exact) mass is 250 g/mol. The van der Waals surface area contributed by atoms with Crippen LogP contribution in [-0.4, -0.2) is 0 Å². The summed E-state index contributed by atoms with van der Waals surface area (Å²) in [6.07, 6.45) is -3.68. The Morgan fingerprint density at radius 2 is 1.69 bits per heavy atom. The Morgan fingerprint density at radius 3 is 2.06 bits per heavy atom. The minimum atomic E-state index is -4.38. The van der Waals surface area contributed by atoms with E-state index in [1.54, 1.807) is 0 Å². The molecule has 0 unspecified atom stereocenters. The van der Waals surface area contributed by atoms with Crippen LogP contribution in [0.1, 0.15) is 31.9 Å². The lowest BCUT2D eigenvalue weighted by molar-refractivity contribution is -0.137. The third-order valence-corrected chi connectivity index (χ3v) is 2.39. The molecule has 1 aromatic carbocycles. The molecule has 0 spiro atoms. The predicted octanol–water partition coefficient (Wildman–Crippen LogP) is 4.95. The van der Waals surface area contributed by atoms with E-state index in [4.69, 9.17) is 11.6 Å². The fourth-order valence-electron chi connectivity index (χ4n) is 1.51. The van der Waals surface area contributed by atoms with Gasteiger partial charge in [-0.3, -0.25) is 0 Å². The van der Waals surface area contributed by atoms with E-state index >= 15 is 0 Å². The van der Waals surface area contributed by atoms with E-state index in [9.17, 15) is 13.2 Å². The first-order chi connectivity index (χ1) is 7.09. The van der Waals surface area contributed by atoms with Crippen molar-refractivity contribution in [2.75, 3.05) is 0 Å². The topological polar surface area (TPSA) is 0 Å². The molecule has 4 heteroatoms. The first-order valence-electron chi connectivity index (χ1n) is 4.95. The maximum atomic E-state index is 12.4. The van der Waals surface area contributed by atoms with Crippen LogP contribution in [0.4, 0.5) is 13.2 Å². The summed E-state index contributed by atoms with van der Waals surface area (Å²) in [5, 5.41) is -0.228. The van der Waals surface area contributed by atoms with E-state index in [0.29, 0.717) is 6.42 Å². The van der Waals surface area contributed by atoms with Crippen molar-refractivity contribution in [1.82, 2.24) is 0 Å². The molecule has 0 atom stereocenters. The molecule has 0 amide bonds. The van der Waals surface area contributed by atoms with Crippen molar-refractivity contribution in [1.29, 1.82) is 0 Å². The van der Waals surface area contributed by atoms with Gasteiger partial charge in [0.1, 0.15) is 0 Å². The maximum absolute atomic E-state index is 12.4. The highest BCUT2D eigenvalue weighted by Crippen LogP contribution is 2.35. The smallest absolute Gasteiger partial charge is 0.166 e. The summed E-state index contributed by atoms with van der Waals surface area (Å²) < 4.78 is 37.3. The molecule has 0 radical (unpaired) electrons. The summed E-state index contributed by atoms with van der Waals surface area (Å²) in [5.41, 5.74) is 0.0839. The standard InChI is InChI=1S/C12H14ClF3/c1-11(2,3)7-8-4-5-9(10(13)6-8)12(14,15)16/h4-6H,7H2,1-3H3. The summed E-state index contributed by atoms with van der Waals surface area (Å²) in [5.74, 6) is 0. The van der Waals surface area contributed by atoms with Gasteiger partial charge in [-0.05, 0) is 29.5 Å². The van der Waals surface area contributed by atoms with Gasteiger partial charge in [-0.2, -0.15) is 13.2 Å². The lowest BCUT2D eigenvalue weighted by Gasteiger charge is -2.19. The molecule has 0 heterocycles. The van der Waals surface area contributed by atoms with Gasteiger partial charge in [-0.15, -0.1) is 0 Å². The molecule has 0 N–H and O–H groups in total. The van der Waals surface area contributed by atoms with Crippen LogP contribution in [0.15, 0.2) is 18.2 Å². The SMILES string of the molecule is CC(C)(C)Cc1ccc(C(F)(F)F)c(Cl)c1. The van der Waals surface area contributed by atoms with E-state index in [1.165, 1.54) is 12.1 Å². The van der Waals surface area contributed by atoms with Gasteiger partial charge in [0.15, 0.2) is 0 Å². The van der Waals surface area contributed by atoms with Crippen LogP contribution < -0.4 is 0 Å². The zero-order valence-corrected chi connectivity index (χ0v) is 10.2. The molecule has 0 aromatic heterocycles. The summed E-state index contributed by atoms with van der Waals surface area (Å²) >= 11 is 5.62. The lowest BCUT2D eigenvalue weighted by atomic mass is 9.88. The quantitative estimate of drug-likeness (QED) is 0.662. The normalized spacial score (nSPS) is 12.9. The zero-order chi connectivity index (χ0) is 12.6. The van der Waals surface area contributed by atoms with Crippen LogP contribution in [-0.2, 0) is 12.6 Å². The van der Waals surface area contributed by atoms with Gasteiger partial charge in [-0.1, -0.05) is 38.4 Å². The molecule has 0 aliphatic heterocycles. The molecule has 0 nitrogen and oxygen atoms in total. The average molecular weight is 251 g/mol. The Morgan fingerprint density at radius 1 is 1.12 bits per heavy atom. The zero-order valence-electron chi connectivity index (χ0n) is 9.45. The molecule has 0 aliphatic rings. The van der Waals surface area contributed by atoms with E-state index in [2.05, 4.69) is 0 Å². The predicted molar refractivity (Wildman–Crippen MR) is 59.6 cm³/mol. The van der Waals surface area contributed by atoms with E-state index < -0.39 is 11.7 Å². The molecule has 0 saturated carbocycles. The Bertz CT molecular complexity index is 375. The summed E-state index contributed by atoms with van der Waals surface area (Å²) in [6, 6.07) is 3.93. The molecule has 16 heavy (non-hydrogen) atoms. The minimum absolute atomic E-state index is 0.0308. The first-order valence-corrected chi connectivity index (χ1v) is 5.33. The molecule has 90 valence electrons. The molecule has 1 rings (SSSR count).